The Morgan fingerprint density at radius 3 is 2.68 bits per heavy atom. The van der Waals surface area contributed by atoms with Crippen LogP contribution in [0, 0.1) is 0 Å². The molecule has 8 nitrogen and oxygen atoms in total. The van der Waals surface area contributed by atoms with Crippen molar-refractivity contribution in [3.8, 4) is 11.5 Å². The van der Waals surface area contributed by atoms with E-state index in [-0.39, 0.29) is 0 Å². The topological polar surface area (TPSA) is 85.1 Å². The van der Waals surface area contributed by atoms with Crippen LogP contribution >= 0.6 is 15.9 Å². The highest BCUT2D eigenvalue weighted by Gasteiger charge is 2.10. The smallest absolute Gasteiger partial charge is 0.191 e. The van der Waals surface area contributed by atoms with Gasteiger partial charge in [0, 0.05) is 17.2 Å². The molecule has 0 fully saturated rings. The van der Waals surface area contributed by atoms with E-state index in [0.717, 1.165) is 28.1 Å². The molecule has 0 aliphatic heterocycles. The maximum atomic E-state index is 5.38. The summed E-state index contributed by atoms with van der Waals surface area (Å²) in [5.41, 5.74) is 1.80. The van der Waals surface area contributed by atoms with Gasteiger partial charge in [-0.3, -0.25) is 4.40 Å². The molecule has 0 aliphatic carbocycles. The Kier molecular flexibility index (Phi) is 6.70. The van der Waals surface area contributed by atoms with Crippen molar-refractivity contribution in [3.63, 3.8) is 0 Å². The van der Waals surface area contributed by atoms with Gasteiger partial charge in [-0.25, -0.2) is 4.99 Å². The van der Waals surface area contributed by atoms with Crippen LogP contribution in [0.5, 0.6) is 11.5 Å². The Bertz CT molecular complexity index is 972. The Hall–Kier alpha value is -2.81. The molecule has 0 amide bonds. The molecule has 0 bridgehead atoms. The average molecular weight is 447 g/mol. The second kappa shape index (κ2) is 9.41. The van der Waals surface area contributed by atoms with Gasteiger partial charge in [-0.05, 0) is 36.8 Å². The van der Waals surface area contributed by atoms with Gasteiger partial charge in [-0.15, -0.1) is 10.2 Å². The molecule has 3 aromatic rings. The maximum absolute atomic E-state index is 5.38. The van der Waals surface area contributed by atoms with E-state index in [2.05, 4.69) is 41.8 Å². The highest BCUT2D eigenvalue weighted by molar-refractivity contribution is 9.10. The van der Waals surface area contributed by atoms with E-state index in [1.165, 1.54) is 0 Å². The molecule has 2 aromatic heterocycles. The molecule has 2 N–H and O–H groups in total. The number of nitrogens with zero attached hydrogens (tertiary/aromatic N) is 4. The number of rotatable bonds is 7. The first-order valence-electron chi connectivity index (χ1n) is 8.87. The van der Waals surface area contributed by atoms with Gasteiger partial charge in [0.1, 0.15) is 0 Å². The van der Waals surface area contributed by atoms with Gasteiger partial charge in [0.15, 0.2) is 28.9 Å². The summed E-state index contributed by atoms with van der Waals surface area (Å²) in [6, 6.07) is 9.61. The zero-order valence-electron chi connectivity index (χ0n) is 16.1. The molecular weight excluding hydrogens is 424 g/mol. The third kappa shape index (κ3) is 4.53. The number of guanidine groups is 1. The van der Waals surface area contributed by atoms with Crippen molar-refractivity contribution in [2.45, 2.75) is 20.0 Å². The minimum atomic E-state index is 0.469. The summed E-state index contributed by atoms with van der Waals surface area (Å²) in [5.74, 6) is 2.85. The number of fused-ring (bicyclic) bond motifs is 1. The molecule has 1 aromatic carbocycles. The molecular formula is C19H23BrN6O2. The Morgan fingerprint density at radius 1 is 1.14 bits per heavy atom. The highest BCUT2D eigenvalue weighted by Crippen LogP contribution is 2.33. The first-order chi connectivity index (χ1) is 13.7. The zero-order valence-corrected chi connectivity index (χ0v) is 17.7. The van der Waals surface area contributed by atoms with E-state index < -0.39 is 0 Å². The molecule has 148 valence electrons. The van der Waals surface area contributed by atoms with E-state index in [0.29, 0.717) is 30.5 Å². The fourth-order valence-electron chi connectivity index (χ4n) is 2.70. The van der Waals surface area contributed by atoms with E-state index in [4.69, 9.17) is 9.47 Å². The third-order valence-corrected chi connectivity index (χ3v) is 4.84. The fraction of sp³-hybridized carbons (Fsp3) is 0.316. The number of nitrogens with one attached hydrogen (secondary N) is 2. The molecule has 0 atom stereocenters. The van der Waals surface area contributed by atoms with Gasteiger partial charge in [0.2, 0.25) is 0 Å². The van der Waals surface area contributed by atoms with Crippen LogP contribution in [-0.2, 0) is 13.1 Å². The van der Waals surface area contributed by atoms with Crippen LogP contribution in [0.15, 0.2) is 46.0 Å². The second-order valence-corrected chi connectivity index (χ2v) is 6.75. The lowest BCUT2D eigenvalue weighted by molar-refractivity contribution is 0.354. The maximum Gasteiger partial charge on any atom is 0.191 e. The zero-order chi connectivity index (χ0) is 19.9. The first kappa shape index (κ1) is 19.9. The van der Waals surface area contributed by atoms with Crippen LogP contribution in [0.25, 0.3) is 5.65 Å². The monoisotopic (exact) mass is 446 g/mol. The Morgan fingerprint density at radius 2 is 1.93 bits per heavy atom. The van der Waals surface area contributed by atoms with Crippen molar-refractivity contribution in [3.05, 3.63) is 52.4 Å². The predicted molar refractivity (Wildman–Crippen MR) is 112 cm³/mol. The molecule has 0 radical (unpaired) electrons. The summed E-state index contributed by atoms with van der Waals surface area (Å²) in [4.78, 5) is 4.67. The number of benzene rings is 1. The van der Waals surface area contributed by atoms with E-state index in [9.17, 15) is 0 Å². The van der Waals surface area contributed by atoms with Gasteiger partial charge in [0.25, 0.3) is 0 Å². The van der Waals surface area contributed by atoms with Crippen molar-refractivity contribution in [1.29, 1.82) is 0 Å². The number of hydrogen-bond acceptors (Lipinski definition) is 5. The van der Waals surface area contributed by atoms with Gasteiger partial charge < -0.3 is 20.1 Å². The molecule has 9 heteroatoms. The number of halogens is 1. The highest BCUT2D eigenvalue weighted by atomic mass is 79.9. The van der Waals surface area contributed by atoms with Gasteiger partial charge in [-0.2, -0.15) is 0 Å². The summed E-state index contributed by atoms with van der Waals surface area (Å²) in [5, 5.41) is 14.9. The van der Waals surface area contributed by atoms with Crippen LogP contribution < -0.4 is 20.1 Å². The normalized spacial score (nSPS) is 11.5. The number of hydrogen-bond donors (Lipinski definition) is 2. The average Bonchev–Trinajstić information content (AvgIpc) is 3.13. The minimum absolute atomic E-state index is 0.469. The number of aromatic nitrogens is 3. The standard InChI is InChI=1S/C19H23BrN6O2/c1-4-21-19(23-12-18-25-24-17-7-5-6-8-26(17)18)22-11-13-9-15(27-2)16(28-3)10-14(13)20/h5-10H,4,11-12H2,1-3H3,(H2,21,22,23). The van der Waals surface area contributed by atoms with Gasteiger partial charge in [-0.1, -0.05) is 22.0 Å². The van der Waals surface area contributed by atoms with Gasteiger partial charge >= 0.3 is 0 Å². The van der Waals surface area contributed by atoms with Crippen molar-refractivity contribution in [1.82, 2.24) is 25.2 Å². The molecule has 3 rings (SSSR count). The molecule has 0 saturated carbocycles. The van der Waals surface area contributed by atoms with Gasteiger partial charge in [0.05, 0.1) is 27.3 Å². The lowest BCUT2D eigenvalue weighted by atomic mass is 10.2. The fourth-order valence-corrected chi connectivity index (χ4v) is 3.15. The largest absolute Gasteiger partial charge is 0.493 e. The predicted octanol–water partition coefficient (Wildman–Crippen LogP) is 2.76. The second-order valence-electron chi connectivity index (χ2n) is 5.89. The number of methoxy groups -OCH3 is 2. The number of aliphatic imine (C=N–C) groups is 1. The lowest BCUT2D eigenvalue weighted by Gasteiger charge is -2.13. The molecule has 0 unspecified atom stereocenters. The minimum Gasteiger partial charge on any atom is -0.493 e. The lowest BCUT2D eigenvalue weighted by Crippen LogP contribution is -2.37. The summed E-state index contributed by atoms with van der Waals surface area (Å²) >= 11 is 3.57. The molecule has 0 aliphatic rings. The van der Waals surface area contributed by atoms with Crippen LogP contribution in [-0.4, -0.2) is 41.3 Å². The Balaban J connectivity index is 1.74. The number of ether oxygens (including phenoxy) is 2. The summed E-state index contributed by atoms with van der Waals surface area (Å²) in [6.45, 7) is 3.75. The molecule has 0 spiro atoms. The summed E-state index contributed by atoms with van der Waals surface area (Å²) in [6.07, 6.45) is 1.94. The SMILES string of the molecule is CCNC(=NCc1cc(OC)c(OC)cc1Br)NCc1nnc2ccccn12. The summed E-state index contributed by atoms with van der Waals surface area (Å²) in [7, 11) is 3.23. The van der Waals surface area contributed by atoms with Crippen molar-refractivity contribution in [2.24, 2.45) is 4.99 Å². The first-order valence-corrected chi connectivity index (χ1v) is 9.66. The van der Waals surface area contributed by atoms with E-state index >= 15 is 0 Å². The van der Waals surface area contributed by atoms with Crippen molar-refractivity contribution < 1.29 is 9.47 Å². The Labute approximate surface area is 172 Å². The van der Waals surface area contributed by atoms with Crippen LogP contribution in [0.1, 0.15) is 18.3 Å². The van der Waals surface area contributed by atoms with Crippen molar-refractivity contribution in [2.75, 3.05) is 20.8 Å². The van der Waals surface area contributed by atoms with Crippen LogP contribution in [0.4, 0.5) is 0 Å². The quantitative estimate of drug-likeness (QED) is 0.428. The van der Waals surface area contributed by atoms with Crippen LogP contribution in [0.2, 0.25) is 0 Å². The van der Waals surface area contributed by atoms with E-state index in [1.807, 2.05) is 47.9 Å². The molecule has 0 saturated heterocycles. The molecule has 28 heavy (non-hydrogen) atoms. The third-order valence-electron chi connectivity index (χ3n) is 4.10. The van der Waals surface area contributed by atoms with Crippen molar-refractivity contribution >= 4 is 27.5 Å². The van der Waals surface area contributed by atoms with Crippen LogP contribution in [0.3, 0.4) is 0 Å². The number of pyridine rings is 1. The summed E-state index contributed by atoms with van der Waals surface area (Å²) < 4.78 is 13.6. The van der Waals surface area contributed by atoms with E-state index in [1.54, 1.807) is 14.2 Å². The molecule has 2 heterocycles.